The topological polar surface area (TPSA) is 38.5 Å². The largest absolute Gasteiger partial charge is 0.399 e. The van der Waals surface area contributed by atoms with E-state index in [9.17, 15) is 0 Å². The van der Waals surface area contributed by atoms with Crippen molar-refractivity contribution < 1.29 is 4.74 Å². The third-order valence-electron chi connectivity index (χ3n) is 3.94. The molecule has 0 amide bonds. The molecule has 1 aliphatic heterocycles. The number of nitrogens with two attached hydrogens (primary N) is 1. The van der Waals surface area contributed by atoms with Crippen molar-refractivity contribution in [3.8, 4) is 0 Å². The monoisotopic (exact) mass is 262 g/mol. The summed E-state index contributed by atoms with van der Waals surface area (Å²) in [7, 11) is 0. The predicted molar refractivity (Wildman–Crippen MR) is 80.2 cm³/mol. The van der Waals surface area contributed by atoms with Gasteiger partial charge in [-0.25, -0.2) is 0 Å². The van der Waals surface area contributed by atoms with E-state index in [0.717, 1.165) is 31.8 Å². The number of benzene rings is 1. The van der Waals surface area contributed by atoms with Gasteiger partial charge in [0.1, 0.15) is 0 Å². The molecule has 0 bridgehead atoms. The zero-order valence-corrected chi connectivity index (χ0v) is 12.1. The number of nitrogens with zero attached hydrogens (tertiary/aromatic N) is 1. The molecule has 106 valence electrons. The maximum absolute atomic E-state index is 5.73. The van der Waals surface area contributed by atoms with Crippen molar-refractivity contribution in [2.45, 2.75) is 45.3 Å². The second kappa shape index (κ2) is 6.92. The van der Waals surface area contributed by atoms with Crippen molar-refractivity contribution in [3.05, 3.63) is 29.8 Å². The standard InChI is InChI=1S/C16H26N2O/c1-3-16-12-19-13(2)11-18(16)10-4-5-14-6-8-15(17)9-7-14/h6-9,13,16H,3-5,10-12,17H2,1-2H3. The maximum Gasteiger partial charge on any atom is 0.0674 e. The summed E-state index contributed by atoms with van der Waals surface area (Å²) in [6.45, 7) is 7.53. The Kier molecular flexibility index (Phi) is 5.23. The highest BCUT2D eigenvalue weighted by Crippen LogP contribution is 2.16. The van der Waals surface area contributed by atoms with E-state index < -0.39 is 0 Å². The van der Waals surface area contributed by atoms with Gasteiger partial charge in [-0.15, -0.1) is 0 Å². The Balaban J connectivity index is 1.78. The van der Waals surface area contributed by atoms with Crippen molar-refractivity contribution in [1.82, 2.24) is 4.90 Å². The first-order chi connectivity index (χ1) is 9.19. The number of anilines is 1. The lowest BCUT2D eigenvalue weighted by Crippen LogP contribution is -2.48. The minimum Gasteiger partial charge on any atom is -0.399 e. The van der Waals surface area contributed by atoms with Crippen LogP contribution in [0, 0.1) is 0 Å². The number of hydrogen-bond acceptors (Lipinski definition) is 3. The second-order valence-corrected chi connectivity index (χ2v) is 5.55. The minimum atomic E-state index is 0.374. The molecule has 2 atom stereocenters. The molecule has 0 aliphatic carbocycles. The van der Waals surface area contributed by atoms with E-state index in [1.807, 2.05) is 12.1 Å². The smallest absolute Gasteiger partial charge is 0.0674 e. The van der Waals surface area contributed by atoms with Gasteiger partial charge in [0.05, 0.1) is 12.7 Å². The highest BCUT2D eigenvalue weighted by molar-refractivity contribution is 5.39. The van der Waals surface area contributed by atoms with E-state index in [1.54, 1.807) is 0 Å². The quantitative estimate of drug-likeness (QED) is 0.829. The molecule has 3 nitrogen and oxygen atoms in total. The van der Waals surface area contributed by atoms with Crippen molar-refractivity contribution in [2.75, 3.05) is 25.4 Å². The molecule has 1 aromatic rings. The molecule has 2 unspecified atom stereocenters. The number of aryl methyl sites for hydroxylation is 1. The fourth-order valence-corrected chi connectivity index (χ4v) is 2.73. The van der Waals surface area contributed by atoms with E-state index in [2.05, 4.69) is 30.9 Å². The molecular weight excluding hydrogens is 236 g/mol. The summed E-state index contributed by atoms with van der Waals surface area (Å²) in [4.78, 5) is 2.59. The normalized spacial score (nSPS) is 24.5. The van der Waals surface area contributed by atoms with Gasteiger partial charge in [0.25, 0.3) is 0 Å². The number of morpholine rings is 1. The van der Waals surface area contributed by atoms with E-state index in [4.69, 9.17) is 10.5 Å². The summed E-state index contributed by atoms with van der Waals surface area (Å²) in [5.41, 5.74) is 7.92. The number of hydrogen-bond donors (Lipinski definition) is 1. The van der Waals surface area contributed by atoms with E-state index in [0.29, 0.717) is 12.1 Å². The minimum absolute atomic E-state index is 0.374. The maximum atomic E-state index is 5.73. The van der Waals surface area contributed by atoms with Gasteiger partial charge in [0, 0.05) is 18.3 Å². The Labute approximate surface area is 116 Å². The summed E-state index contributed by atoms with van der Waals surface area (Å²) in [5.74, 6) is 0. The first kappa shape index (κ1) is 14.4. The van der Waals surface area contributed by atoms with Gasteiger partial charge in [-0.2, -0.15) is 0 Å². The molecule has 1 fully saturated rings. The predicted octanol–water partition coefficient (Wildman–Crippen LogP) is 2.70. The van der Waals surface area contributed by atoms with Gasteiger partial charge in [0.15, 0.2) is 0 Å². The summed E-state index contributed by atoms with van der Waals surface area (Å²) < 4.78 is 5.73. The zero-order valence-electron chi connectivity index (χ0n) is 12.1. The van der Waals surface area contributed by atoms with Gasteiger partial charge in [-0.3, -0.25) is 4.90 Å². The first-order valence-corrected chi connectivity index (χ1v) is 7.39. The molecule has 2 N–H and O–H groups in total. The van der Waals surface area contributed by atoms with Crippen LogP contribution in [0.1, 0.15) is 32.3 Å². The van der Waals surface area contributed by atoms with Gasteiger partial charge in [0.2, 0.25) is 0 Å². The lowest BCUT2D eigenvalue weighted by molar-refractivity contribution is -0.0559. The van der Waals surface area contributed by atoms with Crippen LogP contribution in [-0.2, 0) is 11.2 Å². The van der Waals surface area contributed by atoms with Crippen LogP contribution in [0.5, 0.6) is 0 Å². The second-order valence-electron chi connectivity index (χ2n) is 5.55. The van der Waals surface area contributed by atoms with Crippen molar-refractivity contribution in [3.63, 3.8) is 0 Å². The summed E-state index contributed by atoms with van der Waals surface area (Å²) in [6.07, 6.45) is 3.88. The van der Waals surface area contributed by atoms with Crippen LogP contribution in [0.25, 0.3) is 0 Å². The van der Waals surface area contributed by atoms with E-state index in [-0.39, 0.29) is 0 Å². The molecular formula is C16H26N2O. The molecule has 1 aromatic carbocycles. The number of nitrogen functional groups attached to an aromatic ring is 1. The van der Waals surface area contributed by atoms with E-state index in [1.165, 1.54) is 18.4 Å². The molecule has 1 heterocycles. The summed E-state index contributed by atoms with van der Waals surface area (Å²) >= 11 is 0. The highest BCUT2D eigenvalue weighted by atomic mass is 16.5. The Morgan fingerprint density at radius 1 is 1.32 bits per heavy atom. The van der Waals surface area contributed by atoms with Crippen LogP contribution < -0.4 is 5.73 Å². The number of rotatable bonds is 5. The molecule has 19 heavy (non-hydrogen) atoms. The van der Waals surface area contributed by atoms with E-state index >= 15 is 0 Å². The molecule has 0 saturated carbocycles. The van der Waals surface area contributed by atoms with Crippen LogP contribution in [0.4, 0.5) is 5.69 Å². The van der Waals surface area contributed by atoms with Crippen LogP contribution in [0.15, 0.2) is 24.3 Å². The molecule has 1 aliphatic rings. The average molecular weight is 262 g/mol. The van der Waals surface area contributed by atoms with Crippen LogP contribution in [0.3, 0.4) is 0 Å². The third kappa shape index (κ3) is 4.22. The number of ether oxygens (including phenoxy) is 1. The van der Waals surface area contributed by atoms with Crippen molar-refractivity contribution in [2.24, 2.45) is 0 Å². The van der Waals surface area contributed by atoms with Crippen molar-refractivity contribution in [1.29, 1.82) is 0 Å². The average Bonchev–Trinajstić information content (AvgIpc) is 2.41. The SMILES string of the molecule is CCC1COC(C)CN1CCCc1ccc(N)cc1. The summed E-state index contributed by atoms with van der Waals surface area (Å²) in [5, 5.41) is 0. The molecule has 0 aromatic heterocycles. The van der Waals surface area contributed by atoms with Crippen LogP contribution in [-0.4, -0.2) is 36.7 Å². The van der Waals surface area contributed by atoms with Gasteiger partial charge in [-0.1, -0.05) is 19.1 Å². The third-order valence-corrected chi connectivity index (χ3v) is 3.94. The first-order valence-electron chi connectivity index (χ1n) is 7.39. The van der Waals surface area contributed by atoms with Gasteiger partial charge >= 0.3 is 0 Å². The van der Waals surface area contributed by atoms with Crippen LogP contribution in [0.2, 0.25) is 0 Å². The molecule has 2 rings (SSSR count). The lowest BCUT2D eigenvalue weighted by Gasteiger charge is -2.38. The van der Waals surface area contributed by atoms with Crippen LogP contribution >= 0.6 is 0 Å². The molecule has 3 heteroatoms. The molecule has 0 spiro atoms. The molecule has 0 radical (unpaired) electrons. The van der Waals surface area contributed by atoms with Gasteiger partial charge < -0.3 is 10.5 Å². The lowest BCUT2D eigenvalue weighted by atomic mass is 10.1. The fraction of sp³-hybridized carbons (Fsp3) is 0.625. The zero-order chi connectivity index (χ0) is 13.7. The fourth-order valence-electron chi connectivity index (χ4n) is 2.73. The summed E-state index contributed by atoms with van der Waals surface area (Å²) in [6, 6.07) is 8.84. The highest BCUT2D eigenvalue weighted by Gasteiger charge is 2.24. The Morgan fingerprint density at radius 3 is 2.74 bits per heavy atom. The van der Waals surface area contributed by atoms with Gasteiger partial charge in [-0.05, 0) is 50.4 Å². The Bertz CT molecular complexity index is 377. The Hall–Kier alpha value is -1.06. The molecule has 1 saturated heterocycles. The Morgan fingerprint density at radius 2 is 2.05 bits per heavy atom. The van der Waals surface area contributed by atoms with Crippen molar-refractivity contribution >= 4 is 5.69 Å².